The molecule has 1 aromatic carbocycles. The number of nitrogens with zero attached hydrogens (tertiary/aromatic N) is 5. The summed E-state index contributed by atoms with van der Waals surface area (Å²) in [6.45, 7) is 3.93. The van der Waals surface area contributed by atoms with E-state index in [1.54, 1.807) is 6.92 Å². The molecule has 0 aliphatic carbocycles. The molecule has 0 unspecified atom stereocenters. The molecule has 2 aliphatic rings. The maximum atomic E-state index is 14.4. The predicted molar refractivity (Wildman–Crippen MR) is 145 cm³/mol. The number of hydrogen-bond donors (Lipinski definition) is 2. The molecule has 3 aromatic rings. The summed E-state index contributed by atoms with van der Waals surface area (Å²) in [7, 11) is 0. The van der Waals surface area contributed by atoms with Crippen LogP contribution in [0.5, 0.6) is 5.88 Å². The molecule has 5 rings (SSSR count). The van der Waals surface area contributed by atoms with E-state index in [0.29, 0.717) is 38.5 Å². The van der Waals surface area contributed by atoms with Crippen LogP contribution in [0.4, 0.5) is 24.9 Å². The highest BCUT2D eigenvalue weighted by Crippen LogP contribution is 2.43. The van der Waals surface area contributed by atoms with Crippen molar-refractivity contribution in [2.24, 2.45) is 5.41 Å². The summed E-state index contributed by atoms with van der Waals surface area (Å²) in [5.41, 5.74) is 5.98. The second-order valence-corrected chi connectivity index (χ2v) is 10.6. The van der Waals surface area contributed by atoms with Crippen molar-refractivity contribution in [1.29, 1.82) is 0 Å². The number of ether oxygens (including phenoxy) is 2. The van der Waals surface area contributed by atoms with Crippen LogP contribution in [0.25, 0.3) is 11.3 Å². The molecular weight excluding hydrogens is 563 g/mol. The Morgan fingerprint density at radius 1 is 1.24 bits per heavy atom. The zero-order chi connectivity index (χ0) is 29.2. The van der Waals surface area contributed by atoms with Crippen LogP contribution in [-0.2, 0) is 9.53 Å². The van der Waals surface area contributed by atoms with Crippen LogP contribution in [0, 0.1) is 5.41 Å². The van der Waals surface area contributed by atoms with Gasteiger partial charge in [0.15, 0.2) is 0 Å². The van der Waals surface area contributed by atoms with Crippen molar-refractivity contribution in [3.8, 4) is 17.1 Å². The number of nitrogen functional groups attached to an aromatic ring is 1. The number of carbonyl (C=O) groups is 1. The van der Waals surface area contributed by atoms with E-state index in [1.165, 1.54) is 42.9 Å². The number of anilines is 2. The van der Waals surface area contributed by atoms with Gasteiger partial charge in [0, 0.05) is 54.2 Å². The topological polar surface area (TPSA) is 128 Å². The van der Waals surface area contributed by atoms with E-state index in [4.69, 9.17) is 26.8 Å². The molecule has 4 heterocycles. The van der Waals surface area contributed by atoms with Crippen LogP contribution >= 0.6 is 11.6 Å². The van der Waals surface area contributed by atoms with Gasteiger partial charge in [-0.05, 0) is 43.7 Å². The lowest BCUT2D eigenvalue weighted by Gasteiger charge is -2.39. The Bertz CT molecular complexity index is 1390. The Morgan fingerprint density at radius 2 is 2.02 bits per heavy atom. The maximum Gasteiger partial charge on any atom is 0.429 e. The zero-order valence-corrected chi connectivity index (χ0v) is 23.0. The minimum absolute atomic E-state index is 0.0709. The molecule has 0 bridgehead atoms. The summed E-state index contributed by atoms with van der Waals surface area (Å²) in [6, 6.07) is 5.01. The largest absolute Gasteiger partial charge is 0.465 e. The van der Waals surface area contributed by atoms with Gasteiger partial charge in [0.1, 0.15) is 11.9 Å². The second-order valence-electron chi connectivity index (χ2n) is 10.2. The fourth-order valence-electron chi connectivity index (χ4n) is 5.41. The summed E-state index contributed by atoms with van der Waals surface area (Å²) in [5, 5.41) is 3.50. The van der Waals surface area contributed by atoms with Gasteiger partial charge >= 0.3 is 12.1 Å². The minimum atomic E-state index is -4.81. The Balaban J connectivity index is 1.36. The van der Waals surface area contributed by atoms with E-state index >= 15 is 0 Å². The molecule has 0 saturated carbocycles. The smallest absolute Gasteiger partial charge is 0.429 e. The van der Waals surface area contributed by atoms with Gasteiger partial charge in [-0.25, -0.2) is 0 Å². The number of aromatic nitrogens is 4. The number of esters is 1. The maximum absolute atomic E-state index is 14.4. The highest BCUT2D eigenvalue weighted by Gasteiger charge is 2.46. The number of benzene rings is 1. The van der Waals surface area contributed by atoms with Crippen molar-refractivity contribution < 1.29 is 27.4 Å². The number of carbonyl (C=O) groups excluding carboxylic acids is 1. The lowest BCUT2D eigenvalue weighted by atomic mass is 9.76. The first kappa shape index (κ1) is 28.8. The van der Waals surface area contributed by atoms with Crippen LogP contribution in [-0.4, -0.2) is 64.4 Å². The Hall–Kier alpha value is -3.71. The first-order valence-electron chi connectivity index (χ1n) is 13.2. The van der Waals surface area contributed by atoms with Crippen LogP contribution in [0.3, 0.4) is 0 Å². The van der Waals surface area contributed by atoms with Gasteiger partial charge in [0.25, 0.3) is 0 Å². The van der Waals surface area contributed by atoms with Gasteiger partial charge in [-0.2, -0.15) is 23.1 Å². The van der Waals surface area contributed by atoms with Crippen molar-refractivity contribution in [3.63, 3.8) is 0 Å². The molecular formula is C27H29ClF3N7O3. The van der Waals surface area contributed by atoms with Crippen LogP contribution in [0.2, 0.25) is 5.02 Å². The van der Waals surface area contributed by atoms with Crippen molar-refractivity contribution in [3.05, 3.63) is 53.4 Å². The number of nitrogens with two attached hydrogens (primary N) is 1. The van der Waals surface area contributed by atoms with Gasteiger partial charge < -0.3 is 25.4 Å². The second kappa shape index (κ2) is 11.6. The van der Waals surface area contributed by atoms with Crippen molar-refractivity contribution in [2.45, 2.75) is 44.5 Å². The molecule has 218 valence electrons. The van der Waals surface area contributed by atoms with Crippen LogP contribution in [0.15, 0.2) is 42.9 Å². The minimum Gasteiger partial charge on any atom is -0.465 e. The number of rotatable bonds is 7. The fourth-order valence-corrected chi connectivity index (χ4v) is 5.59. The lowest BCUT2D eigenvalue weighted by Crippen LogP contribution is -2.41. The number of hydrogen-bond acceptors (Lipinski definition) is 10. The Labute approximate surface area is 239 Å². The predicted octanol–water partition coefficient (Wildman–Crippen LogP) is 4.36. The highest BCUT2D eigenvalue weighted by molar-refractivity contribution is 6.30. The molecule has 2 fully saturated rings. The molecule has 2 aromatic heterocycles. The van der Waals surface area contributed by atoms with Gasteiger partial charge in [-0.1, -0.05) is 17.7 Å². The van der Waals surface area contributed by atoms with Gasteiger partial charge in [0.05, 0.1) is 18.5 Å². The summed E-state index contributed by atoms with van der Waals surface area (Å²) in [5.74, 6) is -0.421. The van der Waals surface area contributed by atoms with E-state index in [0.717, 1.165) is 12.8 Å². The summed E-state index contributed by atoms with van der Waals surface area (Å²) in [6.07, 6.45) is -0.881. The van der Waals surface area contributed by atoms with E-state index in [1.807, 2.05) is 4.90 Å². The average molecular weight is 592 g/mol. The molecule has 41 heavy (non-hydrogen) atoms. The number of piperidine rings is 1. The third-order valence-corrected chi connectivity index (χ3v) is 7.69. The van der Waals surface area contributed by atoms with Gasteiger partial charge in [-0.15, -0.1) is 0 Å². The van der Waals surface area contributed by atoms with Crippen molar-refractivity contribution in [1.82, 2.24) is 25.3 Å². The number of nitrogens with one attached hydrogen (secondary N) is 1. The average Bonchev–Trinajstić information content (AvgIpc) is 3.35. The summed E-state index contributed by atoms with van der Waals surface area (Å²) < 4.78 is 53.9. The molecule has 14 heteroatoms. The summed E-state index contributed by atoms with van der Waals surface area (Å²) in [4.78, 5) is 30.4. The van der Waals surface area contributed by atoms with E-state index < -0.39 is 12.3 Å². The van der Waals surface area contributed by atoms with Crippen molar-refractivity contribution >= 4 is 29.3 Å². The molecule has 3 N–H and O–H groups in total. The molecule has 2 atom stereocenters. The monoisotopic (exact) mass is 591 g/mol. The van der Waals surface area contributed by atoms with Gasteiger partial charge in [-0.3, -0.25) is 14.8 Å². The normalized spacial score (nSPS) is 19.2. The number of alkyl halides is 3. The molecule has 10 nitrogen and oxygen atoms in total. The lowest BCUT2D eigenvalue weighted by molar-refractivity contribution is -0.198. The number of halogens is 4. The van der Waals surface area contributed by atoms with Crippen LogP contribution < -0.4 is 20.7 Å². The molecule has 1 spiro atoms. The summed E-state index contributed by atoms with van der Waals surface area (Å²) >= 11 is 6.12. The SMILES string of the molecule is CCOC(=O)[C@@H]1CC2(CCN(c3cc(O[C@H](c4ccc(Cl)cc4-c4cnccn4)C(F)(F)F)nc(N)n3)CC2)CN1. The van der Waals surface area contributed by atoms with Gasteiger partial charge in [0.2, 0.25) is 17.9 Å². The Kier molecular flexibility index (Phi) is 8.18. The third-order valence-electron chi connectivity index (χ3n) is 7.46. The van der Waals surface area contributed by atoms with Crippen LogP contribution in [0.1, 0.15) is 37.9 Å². The molecule has 2 saturated heterocycles. The van der Waals surface area contributed by atoms with E-state index in [9.17, 15) is 18.0 Å². The van der Waals surface area contributed by atoms with E-state index in [-0.39, 0.29) is 51.1 Å². The highest BCUT2D eigenvalue weighted by atomic mass is 35.5. The quantitative estimate of drug-likeness (QED) is 0.382. The van der Waals surface area contributed by atoms with E-state index in [2.05, 4.69) is 25.3 Å². The Morgan fingerprint density at radius 3 is 2.71 bits per heavy atom. The first-order chi connectivity index (χ1) is 19.6. The standard InChI is InChI=1S/C27H29ClF3N7O3/c1-2-40-24(39)19-13-26(15-35-19)5-9-38(10-6-26)21-12-22(37-25(32)36-21)41-23(27(29,30)31)17-4-3-16(28)11-18(17)20-14-33-7-8-34-20/h3-4,7-8,11-12,14,19,23,35H,2,5-6,9-10,13,15H2,1H3,(H2,32,36,37)/t19-,23+/m0/s1. The van der Waals surface area contributed by atoms with Crippen molar-refractivity contribution in [2.75, 3.05) is 36.9 Å². The third kappa shape index (κ3) is 6.46. The molecule has 0 amide bonds. The first-order valence-corrected chi connectivity index (χ1v) is 13.5. The molecule has 2 aliphatic heterocycles. The zero-order valence-electron chi connectivity index (χ0n) is 22.2. The fraction of sp³-hybridized carbons (Fsp3) is 0.444. The molecule has 0 radical (unpaired) electrons.